The summed E-state index contributed by atoms with van der Waals surface area (Å²) in [7, 11) is 0. The Morgan fingerprint density at radius 1 is 1.14 bits per heavy atom. The van der Waals surface area contributed by atoms with E-state index in [9.17, 15) is 4.79 Å². The van der Waals surface area contributed by atoms with Crippen molar-refractivity contribution in [3.05, 3.63) is 69.9 Å². The Kier molecular flexibility index (Phi) is 3.56. The minimum atomic E-state index is 0.103. The van der Waals surface area contributed by atoms with Crippen LogP contribution in [0, 0.1) is 13.8 Å². The van der Waals surface area contributed by atoms with Gasteiger partial charge in [0.1, 0.15) is 0 Å². The third kappa shape index (κ3) is 2.59. The van der Waals surface area contributed by atoms with E-state index in [-0.39, 0.29) is 5.78 Å². The average Bonchev–Trinajstić information content (AvgIpc) is 2.88. The highest BCUT2D eigenvalue weighted by Gasteiger charge is 2.14. The van der Waals surface area contributed by atoms with Crippen molar-refractivity contribution in [2.45, 2.75) is 20.3 Å². The van der Waals surface area contributed by atoms with E-state index in [1.165, 1.54) is 11.1 Å². The molecule has 0 radical (unpaired) electrons. The van der Waals surface area contributed by atoms with Crippen molar-refractivity contribution in [2.75, 3.05) is 0 Å². The van der Waals surface area contributed by atoms with Crippen LogP contribution in [0.15, 0.2) is 42.6 Å². The molecule has 3 heteroatoms. The zero-order chi connectivity index (χ0) is 15.0. The second kappa shape index (κ2) is 5.38. The molecule has 0 fully saturated rings. The lowest BCUT2D eigenvalue weighted by molar-refractivity contribution is 0.0994. The highest BCUT2D eigenvalue weighted by atomic mass is 35.5. The number of halogens is 1. The summed E-state index contributed by atoms with van der Waals surface area (Å²) in [4.78, 5) is 15.6. The van der Waals surface area contributed by atoms with Gasteiger partial charge < -0.3 is 4.98 Å². The number of nitrogens with one attached hydrogen (secondary N) is 1. The van der Waals surface area contributed by atoms with Crippen molar-refractivity contribution in [2.24, 2.45) is 0 Å². The number of aromatic amines is 1. The van der Waals surface area contributed by atoms with E-state index in [0.29, 0.717) is 17.0 Å². The Bertz CT molecular complexity index is 832. The molecular weight excluding hydrogens is 282 g/mol. The standard InChI is InChI=1S/C18H16ClNO/c1-11-6-7-13(8-12(11)2)9-17(21)15-10-20-18-14(15)4-3-5-16(18)19/h3-8,10,20H,9H2,1-2H3. The maximum Gasteiger partial charge on any atom is 0.169 e. The largest absolute Gasteiger partial charge is 0.359 e. The van der Waals surface area contributed by atoms with Gasteiger partial charge in [0, 0.05) is 23.6 Å². The molecule has 0 bridgehead atoms. The molecule has 1 heterocycles. The number of Topliss-reactive ketones (excluding diaryl/α,β-unsaturated/α-hetero) is 1. The van der Waals surface area contributed by atoms with Crippen LogP contribution >= 0.6 is 11.6 Å². The van der Waals surface area contributed by atoms with Gasteiger partial charge >= 0.3 is 0 Å². The van der Waals surface area contributed by atoms with Gasteiger partial charge in [0.25, 0.3) is 0 Å². The van der Waals surface area contributed by atoms with Crippen LogP contribution in [0.25, 0.3) is 10.9 Å². The summed E-state index contributed by atoms with van der Waals surface area (Å²) in [6, 6.07) is 11.8. The minimum absolute atomic E-state index is 0.103. The van der Waals surface area contributed by atoms with E-state index >= 15 is 0 Å². The molecule has 0 unspecified atom stereocenters. The third-order valence-corrected chi connectivity index (χ3v) is 4.22. The lowest BCUT2D eigenvalue weighted by atomic mass is 9.99. The number of hydrogen-bond donors (Lipinski definition) is 1. The van der Waals surface area contributed by atoms with E-state index in [1.807, 2.05) is 24.3 Å². The molecular formula is C18H16ClNO. The fourth-order valence-electron chi connectivity index (χ4n) is 2.54. The second-order valence-electron chi connectivity index (χ2n) is 5.38. The molecule has 0 aliphatic heterocycles. The highest BCUT2D eigenvalue weighted by Crippen LogP contribution is 2.26. The van der Waals surface area contributed by atoms with Crippen molar-refractivity contribution in [3.8, 4) is 0 Å². The molecule has 1 N–H and O–H groups in total. The molecule has 0 aliphatic carbocycles. The number of aryl methyl sites for hydroxylation is 2. The van der Waals surface area contributed by atoms with E-state index in [4.69, 9.17) is 11.6 Å². The highest BCUT2D eigenvalue weighted by molar-refractivity contribution is 6.35. The third-order valence-electron chi connectivity index (χ3n) is 3.90. The Labute approximate surface area is 128 Å². The van der Waals surface area contributed by atoms with Gasteiger partial charge in [-0.2, -0.15) is 0 Å². The van der Waals surface area contributed by atoms with Crippen molar-refractivity contribution in [3.63, 3.8) is 0 Å². The Hall–Kier alpha value is -2.06. The summed E-state index contributed by atoms with van der Waals surface area (Å²) >= 11 is 6.13. The molecule has 1 aromatic heterocycles. The summed E-state index contributed by atoms with van der Waals surface area (Å²) in [5.74, 6) is 0.103. The number of ketones is 1. The van der Waals surface area contributed by atoms with Crippen LogP contribution in [0.3, 0.4) is 0 Å². The van der Waals surface area contributed by atoms with E-state index < -0.39 is 0 Å². The van der Waals surface area contributed by atoms with Gasteiger partial charge in [-0.3, -0.25) is 4.79 Å². The normalized spacial score (nSPS) is 11.0. The molecule has 106 valence electrons. The summed E-state index contributed by atoms with van der Waals surface area (Å²) in [6.07, 6.45) is 2.15. The van der Waals surface area contributed by atoms with Crippen molar-refractivity contribution in [1.82, 2.24) is 4.98 Å². The molecule has 0 saturated carbocycles. The quantitative estimate of drug-likeness (QED) is 0.688. The Balaban J connectivity index is 1.94. The van der Waals surface area contributed by atoms with Crippen LogP contribution in [-0.2, 0) is 6.42 Å². The number of H-pyrrole nitrogens is 1. The number of aromatic nitrogens is 1. The summed E-state index contributed by atoms with van der Waals surface area (Å²) in [6.45, 7) is 4.14. The zero-order valence-corrected chi connectivity index (χ0v) is 12.8. The molecule has 3 aromatic rings. The van der Waals surface area contributed by atoms with Crippen LogP contribution in [0.2, 0.25) is 5.02 Å². The number of carbonyl (C=O) groups is 1. The molecule has 2 aromatic carbocycles. The van der Waals surface area contributed by atoms with E-state index in [2.05, 4.69) is 31.0 Å². The first-order chi connectivity index (χ1) is 10.1. The van der Waals surface area contributed by atoms with Crippen LogP contribution in [-0.4, -0.2) is 10.8 Å². The fraction of sp³-hybridized carbons (Fsp3) is 0.167. The molecule has 0 aliphatic rings. The van der Waals surface area contributed by atoms with Gasteiger partial charge in [-0.05, 0) is 36.6 Å². The molecule has 21 heavy (non-hydrogen) atoms. The number of para-hydroxylation sites is 1. The molecule has 0 atom stereocenters. The Morgan fingerprint density at radius 2 is 1.95 bits per heavy atom. The number of rotatable bonds is 3. The van der Waals surface area contributed by atoms with Crippen LogP contribution in [0.1, 0.15) is 27.0 Å². The predicted molar refractivity (Wildman–Crippen MR) is 87.3 cm³/mol. The summed E-state index contributed by atoms with van der Waals surface area (Å²) in [5.41, 5.74) is 5.01. The first-order valence-electron chi connectivity index (χ1n) is 6.91. The summed E-state index contributed by atoms with van der Waals surface area (Å²) < 4.78 is 0. The number of benzene rings is 2. The smallest absolute Gasteiger partial charge is 0.169 e. The summed E-state index contributed by atoms with van der Waals surface area (Å²) in [5, 5.41) is 1.52. The van der Waals surface area contributed by atoms with E-state index in [0.717, 1.165) is 16.5 Å². The first-order valence-corrected chi connectivity index (χ1v) is 7.29. The van der Waals surface area contributed by atoms with E-state index in [1.54, 1.807) is 6.20 Å². The lowest BCUT2D eigenvalue weighted by Gasteiger charge is -2.04. The van der Waals surface area contributed by atoms with Crippen molar-refractivity contribution in [1.29, 1.82) is 0 Å². The number of fused-ring (bicyclic) bond motifs is 1. The monoisotopic (exact) mass is 297 g/mol. The van der Waals surface area contributed by atoms with Gasteiger partial charge in [-0.25, -0.2) is 0 Å². The average molecular weight is 298 g/mol. The van der Waals surface area contributed by atoms with Gasteiger partial charge in [0.15, 0.2) is 5.78 Å². The maximum absolute atomic E-state index is 12.5. The van der Waals surface area contributed by atoms with Gasteiger partial charge in [-0.15, -0.1) is 0 Å². The molecule has 0 spiro atoms. The number of hydrogen-bond acceptors (Lipinski definition) is 1. The maximum atomic E-state index is 12.5. The van der Waals surface area contributed by atoms with Crippen molar-refractivity contribution >= 4 is 28.3 Å². The predicted octanol–water partition coefficient (Wildman–Crippen LogP) is 4.86. The molecule has 2 nitrogen and oxygen atoms in total. The van der Waals surface area contributed by atoms with Gasteiger partial charge in [0.2, 0.25) is 0 Å². The molecule has 0 saturated heterocycles. The topological polar surface area (TPSA) is 32.9 Å². The van der Waals surface area contributed by atoms with Crippen LogP contribution < -0.4 is 0 Å². The Morgan fingerprint density at radius 3 is 2.71 bits per heavy atom. The van der Waals surface area contributed by atoms with Gasteiger partial charge in [-0.1, -0.05) is 41.9 Å². The lowest BCUT2D eigenvalue weighted by Crippen LogP contribution is -2.03. The SMILES string of the molecule is Cc1ccc(CC(=O)c2c[nH]c3c(Cl)cccc23)cc1C. The van der Waals surface area contributed by atoms with Crippen LogP contribution in [0.5, 0.6) is 0 Å². The second-order valence-corrected chi connectivity index (χ2v) is 5.79. The fourth-order valence-corrected chi connectivity index (χ4v) is 2.77. The minimum Gasteiger partial charge on any atom is -0.359 e. The van der Waals surface area contributed by atoms with Crippen molar-refractivity contribution < 1.29 is 4.79 Å². The molecule has 3 rings (SSSR count). The van der Waals surface area contributed by atoms with Gasteiger partial charge in [0.05, 0.1) is 10.5 Å². The number of carbonyl (C=O) groups excluding carboxylic acids is 1. The zero-order valence-electron chi connectivity index (χ0n) is 12.0. The van der Waals surface area contributed by atoms with Crippen LogP contribution in [0.4, 0.5) is 0 Å². The first kappa shape index (κ1) is 13.9. The molecule has 0 amide bonds.